The first-order chi connectivity index (χ1) is 12.1. The zero-order valence-electron chi connectivity index (χ0n) is 14.8. The largest absolute Gasteiger partial charge is 0.459 e. The zero-order chi connectivity index (χ0) is 17.8. The number of esters is 1. The zero-order valence-corrected chi connectivity index (χ0v) is 14.8. The number of ether oxygens (including phenoxy) is 1. The first-order valence-corrected chi connectivity index (χ1v) is 8.37. The average molecular weight is 337 g/mol. The highest BCUT2D eigenvalue weighted by Crippen LogP contribution is 2.23. The summed E-state index contributed by atoms with van der Waals surface area (Å²) in [5.74, 6) is 0.599. The van der Waals surface area contributed by atoms with Crippen molar-refractivity contribution in [3.8, 4) is 0 Å². The van der Waals surface area contributed by atoms with Gasteiger partial charge in [-0.15, -0.1) is 0 Å². The van der Waals surface area contributed by atoms with E-state index < -0.39 is 6.04 Å². The van der Waals surface area contributed by atoms with Crippen LogP contribution in [0.4, 0.5) is 0 Å². The van der Waals surface area contributed by atoms with Crippen LogP contribution in [0.5, 0.6) is 0 Å². The fourth-order valence-corrected chi connectivity index (χ4v) is 2.88. The van der Waals surface area contributed by atoms with E-state index in [-0.39, 0.29) is 12.6 Å². The standard InChI is InChI=1S/C20H23N3O2/c1-15(20(24)25-14-16-9-5-4-6-10-16)23-18-12-8-7-11-17(18)21-19(23)13-22(2)3/h4-12,15H,13-14H2,1-3H3. The molecule has 1 unspecified atom stereocenters. The third kappa shape index (κ3) is 3.88. The van der Waals surface area contributed by atoms with Crippen molar-refractivity contribution in [2.45, 2.75) is 26.1 Å². The predicted molar refractivity (Wildman–Crippen MR) is 98.1 cm³/mol. The molecule has 5 nitrogen and oxygen atoms in total. The van der Waals surface area contributed by atoms with E-state index in [0.29, 0.717) is 6.54 Å². The SMILES string of the molecule is CC(C(=O)OCc1ccccc1)n1c(CN(C)C)nc2ccccc21. The number of carbonyl (C=O) groups is 1. The van der Waals surface area contributed by atoms with Crippen LogP contribution in [-0.2, 0) is 22.7 Å². The number of rotatable bonds is 6. The summed E-state index contributed by atoms with van der Waals surface area (Å²) in [5.41, 5.74) is 2.82. The molecule has 130 valence electrons. The van der Waals surface area contributed by atoms with Gasteiger partial charge in [-0.25, -0.2) is 9.78 Å². The molecule has 3 rings (SSSR count). The van der Waals surface area contributed by atoms with E-state index in [1.54, 1.807) is 0 Å². The van der Waals surface area contributed by atoms with Gasteiger partial charge in [0.15, 0.2) is 0 Å². The minimum Gasteiger partial charge on any atom is -0.459 e. The van der Waals surface area contributed by atoms with Gasteiger partial charge in [-0.2, -0.15) is 0 Å². The molecule has 0 amide bonds. The highest BCUT2D eigenvalue weighted by Gasteiger charge is 2.23. The second-order valence-corrected chi connectivity index (χ2v) is 6.39. The maximum Gasteiger partial charge on any atom is 0.329 e. The number of fused-ring (bicyclic) bond motifs is 1. The highest BCUT2D eigenvalue weighted by molar-refractivity contribution is 5.81. The van der Waals surface area contributed by atoms with E-state index >= 15 is 0 Å². The second kappa shape index (κ2) is 7.49. The van der Waals surface area contributed by atoms with E-state index in [1.165, 1.54) is 0 Å². The lowest BCUT2D eigenvalue weighted by Crippen LogP contribution is -2.23. The van der Waals surface area contributed by atoms with Crippen LogP contribution in [0, 0.1) is 0 Å². The lowest BCUT2D eigenvalue weighted by Gasteiger charge is -2.18. The van der Waals surface area contributed by atoms with Crippen LogP contribution in [0.15, 0.2) is 54.6 Å². The lowest BCUT2D eigenvalue weighted by atomic mass is 10.2. The molecule has 25 heavy (non-hydrogen) atoms. The fourth-order valence-electron chi connectivity index (χ4n) is 2.88. The summed E-state index contributed by atoms with van der Waals surface area (Å²) >= 11 is 0. The van der Waals surface area contributed by atoms with Crippen LogP contribution in [-0.4, -0.2) is 34.5 Å². The van der Waals surface area contributed by atoms with Crippen molar-refractivity contribution in [3.63, 3.8) is 0 Å². The Balaban J connectivity index is 1.84. The monoisotopic (exact) mass is 337 g/mol. The van der Waals surface area contributed by atoms with E-state index in [9.17, 15) is 4.79 Å². The molecule has 0 spiro atoms. The minimum atomic E-state index is -0.439. The average Bonchev–Trinajstić information content (AvgIpc) is 2.96. The summed E-state index contributed by atoms with van der Waals surface area (Å²) in [6.45, 7) is 2.80. The maximum absolute atomic E-state index is 12.6. The van der Waals surface area contributed by atoms with Gasteiger partial charge < -0.3 is 14.2 Å². The summed E-state index contributed by atoms with van der Waals surface area (Å²) < 4.78 is 7.50. The molecule has 1 atom stereocenters. The molecule has 0 N–H and O–H groups in total. The third-order valence-electron chi connectivity index (χ3n) is 4.08. The molecule has 0 bridgehead atoms. The van der Waals surface area contributed by atoms with Crippen molar-refractivity contribution in [1.29, 1.82) is 0 Å². The van der Waals surface area contributed by atoms with Crippen molar-refractivity contribution in [2.24, 2.45) is 0 Å². The molecule has 0 aliphatic heterocycles. The number of imidazole rings is 1. The number of hydrogen-bond donors (Lipinski definition) is 0. The van der Waals surface area contributed by atoms with E-state index in [1.807, 2.05) is 85.1 Å². The van der Waals surface area contributed by atoms with Gasteiger partial charge in [-0.05, 0) is 38.7 Å². The molecular formula is C20H23N3O2. The molecule has 0 saturated carbocycles. The van der Waals surface area contributed by atoms with Gasteiger partial charge in [-0.1, -0.05) is 42.5 Å². The smallest absolute Gasteiger partial charge is 0.329 e. The normalized spacial score (nSPS) is 12.5. The molecule has 1 aromatic heterocycles. The van der Waals surface area contributed by atoms with Crippen LogP contribution in [0.1, 0.15) is 24.4 Å². The Bertz CT molecular complexity index is 856. The topological polar surface area (TPSA) is 47.4 Å². The first kappa shape index (κ1) is 17.2. The molecule has 2 aromatic carbocycles. The number of carbonyl (C=O) groups excluding carboxylic acids is 1. The van der Waals surface area contributed by atoms with Gasteiger partial charge in [0.2, 0.25) is 0 Å². The van der Waals surface area contributed by atoms with E-state index in [4.69, 9.17) is 4.74 Å². The molecule has 0 aliphatic rings. The van der Waals surface area contributed by atoms with Crippen molar-refractivity contribution in [2.75, 3.05) is 14.1 Å². The number of para-hydroxylation sites is 2. The summed E-state index contributed by atoms with van der Waals surface area (Å²) in [6.07, 6.45) is 0. The van der Waals surface area contributed by atoms with Gasteiger partial charge in [0.25, 0.3) is 0 Å². The number of aromatic nitrogens is 2. The Morgan fingerprint density at radius 3 is 2.52 bits per heavy atom. The Morgan fingerprint density at radius 2 is 1.80 bits per heavy atom. The van der Waals surface area contributed by atoms with Crippen LogP contribution in [0.2, 0.25) is 0 Å². The molecule has 0 fully saturated rings. The molecule has 3 aromatic rings. The number of nitrogens with zero attached hydrogens (tertiary/aromatic N) is 3. The Hall–Kier alpha value is -2.66. The Labute approximate surface area is 147 Å². The molecule has 0 saturated heterocycles. The highest BCUT2D eigenvalue weighted by atomic mass is 16.5. The van der Waals surface area contributed by atoms with Crippen LogP contribution in [0.3, 0.4) is 0 Å². The molecule has 5 heteroatoms. The Kier molecular flexibility index (Phi) is 5.14. The van der Waals surface area contributed by atoms with Crippen LogP contribution in [0.25, 0.3) is 11.0 Å². The van der Waals surface area contributed by atoms with Gasteiger partial charge in [0.1, 0.15) is 18.5 Å². The third-order valence-corrected chi connectivity index (χ3v) is 4.08. The van der Waals surface area contributed by atoms with Gasteiger partial charge >= 0.3 is 5.97 Å². The molecule has 0 aliphatic carbocycles. The Morgan fingerprint density at radius 1 is 1.12 bits per heavy atom. The van der Waals surface area contributed by atoms with Crippen molar-refractivity contribution in [3.05, 3.63) is 66.0 Å². The van der Waals surface area contributed by atoms with Crippen LogP contribution < -0.4 is 0 Å². The van der Waals surface area contributed by atoms with Gasteiger partial charge in [0.05, 0.1) is 17.6 Å². The summed E-state index contributed by atoms with van der Waals surface area (Å²) in [5, 5.41) is 0. The summed E-state index contributed by atoms with van der Waals surface area (Å²) in [4.78, 5) is 19.3. The van der Waals surface area contributed by atoms with E-state index in [0.717, 1.165) is 22.4 Å². The minimum absolute atomic E-state index is 0.257. The number of benzene rings is 2. The second-order valence-electron chi connectivity index (χ2n) is 6.39. The van der Waals surface area contributed by atoms with Gasteiger partial charge in [0, 0.05) is 0 Å². The quantitative estimate of drug-likeness (QED) is 0.647. The summed E-state index contributed by atoms with van der Waals surface area (Å²) in [7, 11) is 3.98. The van der Waals surface area contributed by atoms with Crippen molar-refractivity contribution in [1.82, 2.24) is 14.5 Å². The van der Waals surface area contributed by atoms with Crippen molar-refractivity contribution < 1.29 is 9.53 Å². The molecule has 1 heterocycles. The predicted octanol–water partition coefficient (Wildman–Crippen LogP) is 3.40. The van der Waals surface area contributed by atoms with Crippen molar-refractivity contribution >= 4 is 17.0 Å². The first-order valence-electron chi connectivity index (χ1n) is 8.37. The summed E-state index contributed by atoms with van der Waals surface area (Å²) in [6, 6.07) is 17.1. The molecule has 0 radical (unpaired) electrons. The number of hydrogen-bond acceptors (Lipinski definition) is 4. The maximum atomic E-state index is 12.6. The lowest BCUT2D eigenvalue weighted by molar-refractivity contribution is -0.148. The molecular weight excluding hydrogens is 314 g/mol. The fraction of sp³-hybridized carbons (Fsp3) is 0.300. The van der Waals surface area contributed by atoms with Crippen LogP contribution >= 0.6 is 0 Å². The van der Waals surface area contributed by atoms with Gasteiger partial charge in [-0.3, -0.25) is 0 Å². The van der Waals surface area contributed by atoms with E-state index in [2.05, 4.69) is 4.98 Å².